The molecule has 0 N–H and O–H groups in total. The van der Waals surface area contributed by atoms with Crippen molar-refractivity contribution in [3.63, 3.8) is 0 Å². The number of aryl methyl sites for hydroxylation is 2. The van der Waals surface area contributed by atoms with Gasteiger partial charge in [-0.2, -0.15) is 5.10 Å². The largest absolute Gasteiger partial charge is 0.298 e. The number of carbonyl (C=O) groups excluding carboxylic acids is 1. The van der Waals surface area contributed by atoms with Crippen LogP contribution in [0.4, 0.5) is 0 Å². The van der Waals surface area contributed by atoms with E-state index in [2.05, 4.69) is 37.0 Å². The molecule has 0 fully saturated rings. The van der Waals surface area contributed by atoms with Gasteiger partial charge in [0.25, 0.3) is 0 Å². The van der Waals surface area contributed by atoms with Crippen LogP contribution in [0.2, 0.25) is 0 Å². The zero-order chi connectivity index (χ0) is 14.7. The lowest BCUT2D eigenvalue weighted by Gasteiger charge is -2.03. The minimum absolute atomic E-state index is 0.196. The summed E-state index contributed by atoms with van der Waals surface area (Å²) in [4.78, 5) is 13.2. The molecule has 0 aliphatic carbocycles. The first-order chi connectivity index (χ1) is 9.47. The highest BCUT2D eigenvalue weighted by molar-refractivity contribution is 9.10. The first kappa shape index (κ1) is 15.8. The van der Waals surface area contributed by atoms with Crippen LogP contribution in [-0.2, 0) is 18.3 Å². The van der Waals surface area contributed by atoms with E-state index in [-0.39, 0.29) is 5.78 Å². The van der Waals surface area contributed by atoms with Crippen molar-refractivity contribution in [2.24, 2.45) is 7.05 Å². The predicted molar refractivity (Wildman–Crippen MR) is 89.2 cm³/mol. The molecule has 2 rings (SSSR count). The topological polar surface area (TPSA) is 34.9 Å². The van der Waals surface area contributed by atoms with E-state index in [4.69, 9.17) is 0 Å². The molecule has 3 nitrogen and oxygen atoms in total. The Morgan fingerprint density at radius 3 is 2.50 bits per heavy atom. The molecule has 0 amide bonds. The Hall–Kier alpha value is -0.590. The van der Waals surface area contributed by atoms with Gasteiger partial charge in [0.15, 0.2) is 0 Å². The van der Waals surface area contributed by atoms with E-state index in [1.165, 1.54) is 0 Å². The number of hydrogen-bond donors (Lipinski definition) is 0. The summed E-state index contributed by atoms with van der Waals surface area (Å²) < 4.78 is 3.74. The Morgan fingerprint density at radius 1 is 1.30 bits per heavy atom. The molecule has 1 heterocycles. The molecule has 0 saturated carbocycles. The Balaban J connectivity index is 1.94. The minimum atomic E-state index is 0.196. The van der Waals surface area contributed by atoms with Crippen LogP contribution in [0.1, 0.15) is 11.4 Å². The number of aromatic nitrogens is 2. The van der Waals surface area contributed by atoms with Gasteiger partial charge in [-0.1, -0.05) is 15.9 Å². The molecule has 1 aromatic carbocycles. The quantitative estimate of drug-likeness (QED) is 0.685. The summed E-state index contributed by atoms with van der Waals surface area (Å²) in [5, 5.41) is 4.30. The van der Waals surface area contributed by atoms with Crippen molar-refractivity contribution in [3.8, 4) is 0 Å². The second-order valence-electron chi connectivity index (χ2n) is 4.43. The summed E-state index contributed by atoms with van der Waals surface area (Å²) >= 11 is 8.44. The Morgan fingerprint density at radius 2 is 1.95 bits per heavy atom. The van der Waals surface area contributed by atoms with E-state index < -0.39 is 0 Å². The number of carbonyl (C=O) groups is 1. The highest BCUT2D eigenvalue weighted by Gasteiger charge is 2.14. The first-order valence-corrected chi connectivity index (χ1v) is 8.62. The maximum absolute atomic E-state index is 12.1. The Kier molecular flexibility index (Phi) is 5.46. The van der Waals surface area contributed by atoms with Crippen LogP contribution < -0.4 is 0 Å². The van der Waals surface area contributed by atoms with Crippen LogP contribution in [0.25, 0.3) is 0 Å². The number of Topliss-reactive ketones (excluding diaryl/α,β-unsaturated/α-hetero) is 1. The minimum Gasteiger partial charge on any atom is -0.298 e. The fraction of sp³-hybridized carbons (Fsp3) is 0.286. The number of halogens is 2. The molecule has 0 radical (unpaired) electrons. The molecule has 0 aliphatic rings. The molecule has 0 unspecified atom stereocenters. The maximum Gasteiger partial charge on any atom is 0.149 e. The second kappa shape index (κ2) is 6.91. The molecule has 0 aliphatic heterocycles. The van der Waals surface area contributed by atoms with E-state index >= 15 is 0 Å². The highest BCUT2D eigenvalue weighted by Crippen LogP contribution is 2.23. The van der Waals surface area contributed by atoms with E-state index in [0.717, 1.165) is 25.2 Å². The summed E-state index contributed by atoms with van der Waals surface area (Å²) in [6, 6.07) is 7.97. The zero-order valence-corrected chi connectivity index (χ0v) is 15.2. The van der Waals surface area contributed by atoms with Gasteiger partial charge in [0.05, 0.1) is 28.0 Å². The molecule has 0 saturated heterocycles. The maximum atomic E-state index is 12.1. The normalized spacial score (nSPS) is 10.8. The van der Waals surface area contributed by atoms with Crippen LogP contribution >= 0.6 is 43.6 Å². The monoisotopic (exact) mass is 416 g/mol. The molecule has 1 aromatic heterocycles. The molecule has 0 atom stereocenters. The van der Waals surface area contributed by atoms with Gasteiger partial charge in [0.2, 0.25) is 0 Å². The predicted octanol–water partition coefficient (Wildman–Crippen LogP) is 4.16. The van der Waals surface area contributed by atoms with Gasteiger partial charge in [-0.15, -0.1) is 11.8 Å². The number of benzene rings is 1. The first-order valence-electron chi connectivity index (χ1n) is 6.05. The Labute approximate surface area is 139 Å². The SMILES string of the molecule is Cc1nn(C)c(CC(=O)CSc2ccc(Br)cc2)c1Br. The summed E-state index contributed by atoms with van der Waals surface area (Å²) in [5.41, 5.74) is 1.85. The average molecular weight is 418 g/mol. The van der Waals surface area contributed by atoms with Crippen molar-refractivity contribution >= 4 is 49.4 Å². The standard InChI is InChI=1S/C14H14Br2N2OS/c1-9-14(16)13(18(2)17-9)7-11(19)8-20-12-5-3-10(15)4-6-12/h3-6H,7-8H2,1-2H3. The molecule has 106 valence electrons. The summed E-state index contributed by atoms with van der Waals surface area (Å²) in [5.74, 6) is 0.666. The van der Waals surface area contributed by atoms with Gasteiger partial charge in [-0.25, -0.2) is 0 Å². The lowest BCUT2D eigenvalue weighted by atomic mass is 10.2. The van der Waals surface area contributed by atoms with Crippen LogP contribution in [0.15, 0.2) is 38.1 Å². The van der Waals surface area contributed by atoms with Crippen molar-refractivity contribution in [2.45, 2.75) is 18.2 Å². The third-order valence-electron chi connectivity index (χ3n) is 2.84. The average Bonchev–Trinajstić information content (AvgIpc) is 2.65. The lowest BCUT2D eigenvalue weighted by Crippen LogP contribution is -2.10. The van der Waals surface area contributed by atoms with Gasteiger partial charge in [-0.05, 0) is 47.1 Å². The van der Waals surface area contributed by atoms with Crippen LogP contribution in [0.5, 0.6) is 0 Å². The highest BCUT2D eigenvalue weighted by atomic mass is 79.9. The smallest absolute Gasteiger partial charge is 0.149 e. The van der Waals surface area contributed by atoms with Gasteiger partial charge < -0.3 is 0 Å². The fourth-order valence-electron chi connectivity index (χ4n) is 1.80. The summed E-state index contributed by atoms with van der Waals surface area (Å²) in [6.45, 7) is 1.93. The van der Waals surface area contributed by atoms with Crippen LogP contribution in [0, 0.1) is 6.92 Å². The van der Waals surface area contributed by atoms with Gasteiger partial charge in [0.1, 0.15) is 5.78 Å². The number of rotatable bonds is 5. The lowest BCUT2D eigenvalue weighted by molar-refractivity contribution is -0.116. The van der Waals surface area contributed by atoms with Crippen LogP contribution in [-0.4, -0.2) is 21.3 Å². The van der Waals surface area contributed by atoms with E-state index in [1.807, 2.05) is 38.2 Å². The molecular formula is C14H14Br2N2OS. The number of hydrogen-bond acceptors (Lipinski definition) is 3. The summed E-state index contributed by atoms with van der Waals surface area (Å²) in [6.07, 6.45) is 0.404. The van der Waals surface area contributed by atoms with Crippen molar-refractivity contribution in [1.29, 1.82) is 0 Å². The van der Waals surface area contributed by atoms with Crippen molar-refractivity contribution in [1.82, 2.24) is 9.78 Å². The molecule has 0 bridgehead atoms. The fourth-order valence-corrected chi connectivity index (χ4v) is 3.30. The van der Waals surface area contributed by atoms with Crippen molar-refractivity contribution in [2.75, 3.05) is 5.75 Å². The molecule has 0 spiro atoms. The second-order valence-corrected chi connectivity index (χ2v) is 7.19. The third-order valence-corrected chi connectivity index (χ3v) is 5.47. The zero-order valence-electron chi connectivity index (χ0n) is 11.2. The molecule has 2 aromatic rings. The molecule has 20 heavy (non-hydrogen) atoms. The van der Waals surface area contributed by atoms with Crippen LogP contribution in [0.3, 0.4) is 0 Å². The van der Waals surface area contributed by atoms with Crippen molar-refractivity contribution in [3.05, 3.63) is 44.6 Å². The number of ketones is 1. The van der Waals surface area contributed by atoms with Gasteiger partial charge in [-0.3, -0.25) is 9.48 Å². The third kappa shape index (κ3) is 3.96. The van der Waals surface area contributed by atoms with E-state index in [1.54, 1.807) is 16.4 Å². The molecular weight excluding hydrogens is 404 g/mol. The van der Waals surface area contributed by atoms with E-state index in [9.17, 15) is 4.79 Å². The van der Waals surface area contributed by atoms with Gasteiger partial charge in [0, 0.05) is 16.4 Å². The van der Waals surface area contributed by atoms with Gasteiger partial charge >= 0.3 is 0 Å². The Bertz CT molecular complexity index is 623. The number of thioether (sulfide) groups is 1. The van der Waals surface area contributed by atoms with Crippen molar-refractivity contribution < 1.29 is 4.79 Å². The number of nitrogens with zero attached hydrogens (tertiary/aromatic N) is 2. The van der Waals surface area contributed by atoms with E-state index in [0.29, 0.717) is 12.2 Å². The summed E-state index contributed by atoms with van der Waals surface area (Å²) in [7, 11) is 1.86. The molecule has 6 heteroatoms.